The second kappa shape index (κ2) is 9.42. The number of nitrogens with two attached hydrogens (primary N) is 3. The van der Waals surface area contributed by atoms with Crippen LogP contribution in [0.2, 0.25) is 0 Å². The van der Waals surface area contributed by atoms with E-state index in [1.165, 1.54) is 0 Å². The van der Waals surface area contributed by atoms with Gasteiger partial charge in [0.05, 0.1) is 6.04 Å². The monoisotopic (exact) mass is 321 g/mol. The van der Waals surface area contributed by atoms with Gasteiger partial charge in [-0.15, -0.1) is 0 Å². The first-order valence-corrected chi connectivity index (χ1v) is 7.28. The number of carbonyl (C=O) groups excluding carboxylic acids is 1. The summed E-state index contributed by atoms with van der Waals surface area (Å²) in [6.07, 6.45) is 1.09. The molecule has 0 aliphatic carbocycles. The largest absolute Gasteiger partial charge is 0.480 e. The Hall–Kier alpha value is -2.61. The fourth-order valence-corrected chi connectivity index (χ4v) is 1.98. The third-order valence-corrected chi connectivity index (χ3v) is 3.20. The van der Waals surface area contributed by atoms with E-state index >= 15 is 0 Å². The zero-order chi connectivity index (χ0) is 17.2. The van der Waals surface area contributed by atoms with Gasteiger partial charge in [-0.2, -0.15) is 0 Å². The molecule has 8 N–H and O–H groups in total. The van der Waals surface area contributed by atoms with E-state index in [1.54, 1.807) is 12.1 Å². The molecule has 8 heteroatoms. The Labute approximate surface area is 134 Å². The molecule has 0 unspecified atom stereocenters. The summed E-state index contributed by atoms with van der Waals surface area (Å²) >= 11 is 0. The highest BCUT2D eigenvalue weighted by molar-refractivity contribution is 5.86. The zero-order valence-electron chi connectivity index (χ0n) is 12.8. The molecule has 0 saturated heterocycles. The van der Waals surface area contributed by atoms with Crippen molar-refractivity contribution >= 4 is 17.8 Å². The van der Waals surface area contributed by atoms with Gasteiger partial charge in [0.15, 0.2) is 5.96 Å². The minimum absolute atomic E-state index is 0.0168. The molecule has 126 valence electrons. The molecule has 1 rings (SSSR count). The number of hydrogen-bond acceptors (Lipinski definition) is 4. The molecular weight excluding hydrogens is 298 g/mol. The van der Waals surface area contributed by atoms with Crippen molar-refractivity contribution < 1.29 is 14.7 Å². The van der Waals surface area contributed by atoms with Crippen LogP contribution < -0.4 is 22.5 Å². The highest BCUT2D eigenvalue weighted by Crippen LogP contribution is 2.04. The second-order valence-corrected chi connectivity index (χ2v) is 5.14. The lowest BCUT2D eigenvalue weighted by Crippen LogP contribution is -2.49. The maximum Gasteiger partial charge on any atom is 0.326 e. The van der Waals surface area contributed by atoms with Crippen molar-refractivity contribution in [1.82, 2.24) is 5.32 Å². The minimum atomic E-state index is -1.10. The predicted molar refractivity (Wildman–Crippen MR) is 87.6 cm³/mol. The lowest BCUT2D eigenvalue weighted by atomic mass is 10.0. The molecule has 0 radical (unpaired) electrons. The topological polar surface area (TPSA) is 157 Å². The second-order valence-electron chi connectivity index (χ2n) is 5.14. The number of amides is 1. The number of carboxylic acids is 1. The van der Waals surface area contributed by atoms with Crippen LogP contribution in [0.4, 0.5) is 0 Å². The van der Waals surface area contributed by atoms with Crippen molar-refractivity contribution in [2.24, 2.45) is 22.2 Å². The number of nitrogens with one attached hydrogen (secondary N) is 1. The molecule has 0 aromatic heterocycles. The summed E-state index contributed by atoms with van der Waals surface area (Å²) < 4.78 is 0. The maximum absolute atomic E-state index is 12.0. The average Bonchev–Trinajstić information content (AvgIpc) is 2.51. The standard InChI is InChI=1S/C15H23N5O3/c16-11(7-4-8-19-15(17)18)13(21)20-12(14(22)23)9-10-5-2-1-3-6-10/h1-3,5-6,11-12H,4,7-9,16H2,(H,20,21)(H,22,23)(H4,17,18,19)/t11-,12-/m1/s1. The molecule has 0 aliphatic rings. The van der Waals surface area contributed by atoms with E-state index in [9.17, 15) is 14.7 Å². The van der Waals surface area contributed by atoms with Gasteiger partial charge in [-0.1, -0.05) is 30.3 Å². The van der Waals surface area contributed by atoms with Crippen molar-refractivity contribution in [3.63, 3.8) is 0 Å². The molecule has 23 heavy (non-hydrogen) atoms. The lowest BCUT2D eigenvalue weighted by Gasteiger charge is -2.17. The van der Waals surface area contributed by atoms with Crippen molar-refractivity contribution in [1.29, 1.82) is 0 Å². The molecule has 2 atom stereocenters. The van der Waals surface area contributed by atoms with Crippen molar-refractivity contribution in [3.05, 3.63) is 35.9 Å². The van der Waals surface area contributed by atoms with Crippen LogP contribution in [0.15, 0.2) is 35.3 Å². The van der Waals surface area contributed by atoms with E-state index in [1.807, 2.05) is 18.2 Å². The van der Waals surface area contributed by atoms with Crippen molar-refractivity contribution in [2.75, 3.05) is 6.54 Å². The van der Waals surface area contributed by atoms with Crippen molar-refractivity contribution in [3.8, 4) is 0 Å². The quantitative estimate of drug-likeness (QED) is 0.227. The summed E-state index contributed by atoms with van der Waals surface area (Å²) in [6.45, 7) is 0.371. The Kier molecular flexibility index (Phi) is 7.55. The highest BCUT2D eigenvalue weighted by atomic mass is 16.4. The van der Waals surface area contributed by atoms with Crippen molar-refractivity contribution in [2.45, 2.75) is 31.3 Å². The van der Waals surface area contributed by atoms with E-state index in [0.717, 1.165) is 5.56 Å². The Morgan fingerprint density at radius 2 is 1.87 bits per heavy atom. The Morgan fingerprint density at radius 1 is 1.22 bits per heavy atom. The number of carboxylic acid groups (broad SMARTS) is 1. The third-order valence-electron chi connectivity index (χ3n) is 3.20. The van der Waals surface area contributed by atoms with Gasteiger partial charge >= 0.3 is 5.97 Å². The predicted octanol–water partition coefficient (Wildman–Crippen LogP) is -0.821. The van der Waals surface area contributed by atoms with E-state index in [4.69, 9.17) is 17.2 Å². The summed E-state index contributed by atoms with van der Waals surface area (Å²) in [5.41, 5.74) is 17.0. The number of carbonyl (C=O) groups is 2. The number of nitrogens with zero attached hydrogens (tertiary/aromatic N) is 1. The number of rotatable bonds is 9. The van der Waals surface area contributed by atoms with Gasteiger partial charge < -0.3 is 27.6 Å². The molecule has 0 aliphatic heterocycles. The number of aliphatic imine (C=N–C) groups is 1. The Bertz CT molecular complexity index is 543. The molecule has 0 heterocycles. The normalized spacial score (nSPS) is 12.9. The summed E-state index contributed by atoms with van der Waals surface area (Å²) in [7, 11) is 0. The average molecular weight is 321 g/mol. The lowest BCUT2D eigenvalue weighted by molar-refractivity contribution is -0.142. The molecule has 0 spiro atoms. The molecule has 0 saturated carbocycles. The van der Waals surface area contributed by atoms with Gasteiger partial charge in [0.2, 0.25) is 5.91 Å². The van der Waals surface area contributed by atoms with E-state index in [-0.39, 0.29) is 12.4 Å². The Balaban J connectivity index is 2.50. The van der Waals surface area contributed by atoms with E-state index < -0.39 is 24.0 Å². The molecule has 8 nitrogen and oxygen atoms in total. The molecule has 1 aromatic carbocycles. The summed E-state index contributed by atoms with van der Waals surface area (Å²) in [5, 5.41) is 11.7. The number of aliphatic carboxylic acids is 1. The first-order valence-electron chi connectivity index (χ1n) is 7.28. The van der Waals surface area contributed by atoms with Gasteiger partial charge in [-0.05, 0) is 18.4 Å². The van der Waals surface area contributed by atoms with Crippen LogP contribution in [0.25, 0.3) is 0 Å². The van der Waals surface area contributed by atoms with Crippen LogP contribution in [0, 0.1) is 0 Å². The van der Waals surface area contributed by atoms with Crippen LogP contribution in [0.5, 0.6) is 0 Å². The maximum atomic E-state index is 12.0. The first-order chi connectivity index (χ1) is 10.9. The number of benzene rings is 1. The molecule has 1 aromatic rings. The summed E-state index contributed by atoms with van der Waals surface area (Å²) in [4.78, 5) is 27.1. The molecular formula is C15H23N5O3. The number of hydrogen-bond donors (Lipinski definition) is 5. The van der Waals surface area contributed by atoms with Crippen LogP contribution in [0.3, 0.4) is 0 Å². The highest BCUT2D eigenvalue weighted by Gasteiger charge is 2.23. The van der Waals surface area contributed by atoms with E-state index in [2.05, 4.69) is 10.3 Å². The van der Waals surface area contributed by atoms with Gasteiger partial charge in [0.25, 0.3) is 0 Å². The van der Waals surface area contributed by atoms with Crippen LogP contribution in [0.1, 0.15) is 18.4 Å². The van der Waals surface area contributed by atoms with Gasteiger partial charge in [0, 0.05) is 13.0 Å². The minimum Gasteiger partial charge on any atom is -0.480 e. The first kappa shape index (κ1) is 18.4. The summed E-state index contributed by atoms with van der Waals surface area (Å²) in [6, 6.07) is 7.24. The van der Waals surface area contributed by atoms with Gasteiger partial charge in [-0.3, -0.25) is 9.79 Å². The smallest absolute Gasteiger partial charge is 0.326 e. The fourth-order valence-electron chi connectivity index (χ4n) is 1.98. The zero-order valence-corrected chi connectivity index (χ0v) is 12.8. The molecule has 1 amide bonds. The third kappa shape index (κ3) is 7.28. The van der Waals surface area contributed by atoms with Crippen LogP contribution in [-0.4, -0.2) is 41.6 Å². The fraction of sp³-hybridized carbons (Fsp3) is 0.400. The summed E-state index contributed by atoms with van der Waals surface area (Å²) in [5.74, 6) is -1.62. The van der Waals surface area contributed by atoms with Crippen LogP contribution >= 0.6 is 0 Å². The number of guanidine groups is 1. The van der Waals surface area contributed by atoms with Crippen LogP contribution in [-0.2, 0) is 16.0 Å². The Morgan fingerprint density at radius 3 is 2.43 bits per heavy atom. The van der Waals surface area contributed by atoms with Gasteiger partial charge in [-0.25, -0.2) is 4.79 Å². The van der Waals surface area contributed by atoms with Gasteiger partial charge in [0.1, 0.15) is 6.04 Å². The van der Waals surface area contributed by atoms with E-state index in [0.29, 0.717) is 19.4 Å². The molecule has 0 bridgehead atoms. The molecule has 0 fully saturated rings. The SMILES string of the molecule is NC(N)=NCCC[C@@H](N)C(=O)N[C@H](Cc1ccccc1)C(=O)O.